The lowest BCUT2D eigenvalue weighted by molar-refractivity contribution is 0.265. The van der Waals surface area contributed by atoms with Gasteiger partial charge >= 0.3 is 0 Å². The fourth-order valence-corrected chi connectivity index (χ4v) is 3.33. The van der Waals surface area contributed by atoms with Crippen LogP contribution in [0.3, 0.4) is 0 Å². The van der Waals surface area contributed by atoms with Gasteiger partial charge in [-0.1, -0.05) is 35.3 Å². The van der Waals surface area contributed by atoms with Gasteiger partial charge in [-0.15, -0.1) is 0 Å². The lowest BCUT2D eigenvalue weighted by atomic mass is 10.2. The average molecular weight is 450 g/mol. The summed E-state index contributed by atoms with van der Waals surface area (Å²) in [5.74, 6) is 1.32. The summed E-state index contributed by atoms with van der Waals surface area (Å²) in [5.41, 5.74) is 2.17. The second-order valence-corrected chi connectivity index (χ2v) is 7.22. The molecule has 0 spiro atoms. The minimum absolute atomic E-state index is 0.00747. The van der Waals surface area contributed by atoms with E-state index in [0.717, 1.165) is 11.3 Å². The molecule has 158 valence electrons. The summed E-state index contributed by atoms with van der Waals surface area (Å²) < 4.78 is 30.7. The maximum atomic E-state index is 14.0. The molecule has 0 aliphatic rings. The number of hydrogen-bond acceptors (Lipinski definition) is 4. The molecule has 3 aromatic carbocycles. The van der Waals surface area contributed by atoms with Crippen molar-refractivity contribution in [3.05, 3.63) is 81.6 Å². The number of nitrogens with one attached hydrogen (secondary N) is 1. The normalized spacial score (nSPS) is 10.6. The predicted octanol–water partition coefficient (Wildman–Crippen LogP) is 6.73. The molecule has 0 aromatic heterocycles. The molecule has 0 amide bonds. The van der Waals surface area contributed by atoms with E-state index >= 15 is 0 Å². The number of rotatable bonds is 9. The Morgan fingerprint density at radius 3 is 2.40 bits per heavy atom. The zero-order valence-corrected chi connectivity index (χ0v) is 18.2. The van der Waals surface area contributed by atoms with Crippen molar-refractivity contribution in [1.29, 1.82) is 0 Å². The van der Waals surface area contributed by atoms with E-state index in [0.29, 0.717) is 46.0 Å². The maximum Gasteiger partial charge on any atom is 0.161 e. The van der Waals surface area contributed by atoms with Gasteiger partial charge in [0.05, 0.1) is 23.8 Å². The molecule has 30 heavy (non-hydrogen) atoms. The Morgan fingerprint density at radius 1 is 0.900 bits per heavy atom. The van der Waals surface area contributed by atoms with E-state index in [2.05, 4.69) is 5.32 Å². The Bertz CT molecular complexity index is 993. The second-order valence-electron chi connectivity index (χ2n) is 6.41. The number of anilines is 1. The van der Waals surface area contributed by atoms with Crippen molar-refractivity contribution in [2.45, 2.75) is 20.1 Å². The molecule has 0 aliphatic carbocycles. The number of hydrogen-bond donors (Lipinski definition) is 1. The third-order valence-electron chi connectivity index (χ3n) is 4.39. The fourth-order valence-electron chi connectivity index (χ4n) is 2.85. The SMILES string of the molecule is CCOc1cc(CNc2ccc(OC)c(Cl)c2)ccc1OCc1c(F)cccc1Cl. The summed E-state index contributed by atoms with van der Waals surface area (Å²) in [6, 6.07) is 15.7. The topological polar surface area (TPSA) is 39.7 Å². The van der Waals surface area contributed by atoms with E-state index in [-0.39, 0.29) is 6.61 Å². The first-order valence-corrected chi connectivity index (χ1v) is 10.2. The lowest BCUT2D eigenvalue weighted by Crippen LogP contribution is -2.04. The van der Waals surface area contributed by atoms with E-state index in [1.165, 1.54) is 6.07 Å². The molecule has 0 unspecified atom stereocenters. The number of benzene rings is 3. The van der Waals surface area contributed by atoms with Crippen molar-refractivity contribution in [1.82, 2.24) is 0 Å². The van der Waals surface area contributed by atoms with Gasteiger partial charge in [-0.2, -0.15) is 0 Å². The number of halogens is 3. The molecular weight excluding hydrogens is 428 g/mol. The van der Waals surface area contributed by atoms with E-state index < -0.39 is 5.82 Å². The molecule has 0 bridgehead atoms. The first kappa shape index (κ1) is 22.1. The van der Waals surface area contributed by atoms with Crippen LogP contribution in [0.15, 0.2) is 54.6 Å². The van der Waals surface area contributed by atoms with E-state index in [1.54, 1.807) is 37.4 Å². The standard InChI is InChI=1S/C23H22Cl2FNO3/c1-3-29-23-11-15(13-27-16-8-10-21(28-2)19(25)12-16)7-9-22(23)30-14-17-18(24)5-4-6-20(17)26/h4-12,27H,3,13-14H2,1-2H3. The van der Waals surface area contributed by atoms with Crippen LogP contribution in [0.4, 0.5) is 10.1 Å². The van der Waals surface area contributed by atoms with Gasteiger partial charge < -0.3 is 19.5 Å². The zero-order chi connectivity index (χ0) is 21.5. The Morgan fingerprint density at radius 2 is 1.70 bits per heavy atom. The molecule has 0 fully saturated rings. The third-order valence-corrected chi connectivity index (χ3v) is 5.04. The minimum Gasteiger partial charge on any atom is -0.495 e. The Labute approximate surface area is 185 Å². The Hall–Kier alpha value is -2.63. The van der Waals surface area contributed by atoms with Crippen LogP contribution in [0.5, 0.6) is 17.2 Å². The maximum absolute atomic E-state index is 14.0. The van der Waals surface area contributed by atoms with Crippen molar-refractivity contribution < 1.29 is 18.6 Å². The predicted molar refractivity (Wildman–Crippen MR) is 119 cm³/mol. The van der Waals surface area contributed by atoms with Gasteiger partial charge in [0.2, 0.25) is 0 Å². The second kappa shape index (κ2) is 10.4. The molecule has 0 saturated carbocycles. The smallest absolute Gasteiger partial charge is 0.161 e. The molecule has 0 heterocycles. The molecule has 1 N–H and O–H groups in total. The van der Waals surface area contributed by atoms with Gasteiger partial charge in [0.1, 0.15) is 18.2 Å². The molecule has 3 aromatic rings. The van der Waals surface area contributed by atoms with Gasteiger partial charge in [-0.3, -0.25) is 0 Å². The molecule has 0 atom stereocenters. The summed E-state index contributed by atoms with van der Waals surface area (Å²) in [6.45, 7) is 2.93. The first-order chi connectivity index (χ1) is 14.5. The van der Waals surface area contributed by atoms with Crippen LogP contribution in [-0.4, -0.2) is 13.7 Å². The fraction of sp³-hybridized carbons (Fsp3) is 0.217. The molecule has 0 aliphatic heterocycles. The molecular formula is C23H22Cl2FNO3. The number of methoxy groups -OCH3 is 1. The van der Waals surface area contributed by atoms with Crippen molar-refractivity contribution in [3.63, 3.8) is 0 Å². The van der Waals surface area contributed by atoms with Gasteiger partial charge in [-0.05, 0) is 55.0 Å². The van der Waals surface area contributed by atoms with Crippen molar-refractivity contribution >= 4 is 28.9 Å². The van der Waals surface area contributed by atoms with E-state index in [9.17, 15) is 4.39 Å². The molecule has 3 rings (SSSR count). The molecule has 4 nitrogen and oxygen atoms in total. The van der Waals surface area contributed by atoms with Gasteiger partial charge in [0.25, 0.3) is 0 Å². The summed E-state index contributed by atoms with van der Waals surface area (Å²) in [4.78, 5) is 0. The highest BCUT2D eigenvalue weighted by Crippen LogP contribution is 2.31. The van der Waals surface area contributed by atoms with Crippen LogP contribution < -0.4 is 19.5 Å². The highest BCUT2D eigenvalue weighted by atomic mass is 35.5. The summed E-state index contributed by atoms with van der Waals surface area (Å²) in [5, 5.41) is 4.17. The number of ether oxygens (including phenoxy) is 3. The summed E-state index contributed by atoms with van der Waals surface area (Å²) >= 11 is 12.2. The lowest BCUT2D eigenvalue weighted by Gasteiger charge is -2.15. The van der Waals surface area contributed by atoms with Crippen molar-refractivity contribution in [3.8, 4) is 17.2 Å². The van der Waals surface area contributed by atoms with Crippen LogP contribution in [0, 0.1) is 5.82 Å². The average Bonchev–Trinajstić information content (AvgIpc) is 2.73. The van der Waals surface area contributed by atoms with Crippen LogP contribution in [0.2, 0.25) is 10.0 Å². The summed E-state index contributed by atoms with van der Waals surface area (Å²) in [7, 11) is 1.58. The first-order valence-electron chi connectivity index (χ1n) is 9.40. The van der Waals surface area contributed by atoms with Crippen LogP contribution in [0.1, 0.15) is 18.1 Å². The van der Waals surface area contributed by atoms with Crippen LogP contribution in [0.25, 0.3) is 0 Å². The molecule has 0 saturated heterocycles. The van der Waals surface area contributed by atoms with Gasteiger partial charge in [0.15, 0.2) is 11.5 Å². The molecule has 7 heteroatoms. The van der Waals surface area contributed by atoms with Gasteiger partial charge in [-0.25, -0.2) is 4.39 Å². The Balaban J connectivity index is 1.70. The highest BCUT2D eigenvalue weighted by molar-refractivity contribution is 6.32. The van der Waals surface area contributed by atoms with E-state index in [1.807, 2.05) is 25.1 Å². The van der Waals surface area contributed by atoms with Crippen molar-refractivity contribution in [2.75, 3.05) is 19.0 Å². The largest absolute Gasteiger partial charge is 0.495 e. The third kappa shape index (κ3) is 5.49. The Kier molecular flexibility index (Phi) is 7.66. The zero-order valence-electron chi connectivity index (χ0n) is 16.7. The quantitative estimate of drug-likeness (QED) is 0.392. The molecule has 0 radical (unpaired) electrons. The van der Waals surface area contributed by atoms with Crippen LogP contribution in [-0.2, 0) is 13.2 Å². The van der Waals surface area contributed by atoms with Crippen molar-refractivity contribution in [2.24, 2.45) is 0 Å². The van der Waals surface area contributed by atoms with Gasteiger partial charge in [0, 0.05) is 17.8 Å². The highest BCUT2D eigenvalue weighted by Gasteiger charge is 2.11. The monoisotopic (exact) mass is 449 g/mol. The van der Waals surface area contributed by atoms with Crippen LogP contribution >= 0.6 is 23.2 Å². The minimum atomic E-state index is -0.403. The summed E-state index contributed by atoms with van der Waals surface area (Å²) in [6.07, 6.45) is 0. The van der Waals surface area contributed by atoms with E-state index in [4.69, 9.17) is 37.4 Å².